The molecule has 2 rings (SSSR count). The van der Waals surface area contributed by atoms with Crippen molar-refractivity contribution in [2.75, 3.05) is 0 Å². The van der Waals surface area contributed by atoms with Gasteiger partial charge in [-0.05, 0) is 18.6 Å². The first-order valence-electron chi connectivity index (χ1n) is 3.80. The van der Waals surface area contributed by atoms with Crippen LogP contribution >= 0.6 is 0 Å². The van der Waals surface area contributed by atoms with Gasteiger partial charge >= 0.3 is 0 Å². The fourth-order valence-corrected chi connectivity index (χ4v) is 1.99. The highest BCUT2D eigenvalue weighted by Gasteiger charge is 2.15. The normalized spacial score (nSPS) is 12.1. The lowest BCUT2D eigenvalue weighted by molar-refractivity contribution is 0.482. The molecule has 6 heteroatoms. The molecule has 0 spiro atoms. The zero-order chi connectivity index (χ0) is 10.3. The van der Waals surface area contributed by atoms with Crippen LogP contribution in [0.25, 0.3) is 11.1 Å². The number of fused-ring (bicyclic) bond motifs is 1. The molecule has 1 aromatic heterocycles. The third-order valence-corrected chi connectivity index (χ3v) is 2.90. The molecule has 14 heavy (non-hydrogen) atoms. The van der Waals surface area contributed by atoms with Crippen LogP contribution < -0.4 is 0 Å². The summed E-state index contributed by atoms with van der Waals surface area (Å²) in [6.07, 6.45) is 1.22. The minimum absolute atomic E-state index is 0.151. The van der Waals surface area contributed by atoms with E-state index in [2.05, 4.69) is 4.98 Å². The van der Waals surface area contributed by atoms with Gasteiger partial charge in [0.1, 0.15) is 10.4 Å². The average molecular weight is 213 g/mol. The molecule has 0 radical (unpaired) electrons. The summed E-state index contributed by atoms with van der Waals surface area (Å²) in [4.78, 5) is 3.71. The molecule has 0 saturated carbocycles. The predicted molar refractivity (Wildman–Crippen MR) is 48.6 cm³/mol. The van der Waals surface area contributed by atoms with Crippen molar-refractivity contribution in [1.82, 2.24) is 4.98 Å². The molecule has 0 aliphatic carbocycles. The van der Waals surface area contributed by atoms with Gasteiger partial charge in [-0.3, -0.25) is 4.55 Å². The molecular formula is C8H7NO4S. The van der Waals surface area contributed by atoms with Crippen LogP contribution in [0.3, 0.4) is 0 Å². The first kappa shape index (κ1) is 9.17. The van der Waals surface area contributed by atoms with Crippen molar-refractivity contribution in [3.63, 3.8) is 0 Å². The SMILES string of the molecule is Cc1cc2ncoc2cc1S(=O)(=O)O. The van der Waals surface area contributed by atoms with Gasteiger partial charge in [0, 0.05) is 6.07 Å². The maximum absolute atomic E-state index is 10.9. The average Bonchev–Trinajstić information content (AvgIpc) is 2.47. The number of nitrogens with zero attached hydrogens (tertiary/aromatic N) is 1. The molecule has 0 atom stereocenters. The quantitative estimate of drug-likeness (QED) is 0.724. The summed E-state index contributed by atoms with van der Waals surface area (Å²) >= 11 is 0. The predicted octanol–water partition coefficient (Wildman–Crippen LogP) is 1.38. The summed E-state index contributed by atoms with van der Waals surface area (Å²) in [7, 11) is -4.19. The third kappa shape index (κ3) is 1.38. The van der Waals surface area contributed by atoms with Gasteiger partial charge < -0.3 is 4.42 Å². The van der Waals surface area contributed by atoms with Crippen molar-refractivity contribution in [3.05, 3.63) is 24.1 Å². The fraction of sp³-hybridized carbons (Fsp3) is 0.125. The molecular weight excluding hydrogens is 206 g/mol. The zero-order valence-corrected chi connectivity index (χ0v) is 8.08. The van der Waals surface area contributed by atoms with Crippen molar-refractivity contribution in [2.45, 2.75) is 11.8 Å². The Kier molecular flexibility index (Phi) is 1.83. The van der Waals surface area contributed by atoms with Crippen molar-refractivity contribution in [3.8, 4) is 0 Å². The molecule has 2 aromatic rings. The topological polar surface area (TPSA) is 80.4 Å². The number of rotatable bonds is 1. The minimum atomic E-state index is -4.19. The Morgan fingerprint density at radius 2 is 2.14 bits per heavy atom. The van der Waals surface area contributed by atoms with Crippen molar-refractivity contribution in [2.24, 2.45) is 0 Å². The molecule has 0 aliphatic rings. The maximum Gasteiger partial charge on any atom is 0.294 e. The first-order chi connectivity index (χ1) is 6.48. The first-order valence-corrected chi connectivity index (χ1v) is 5.24. The highest BCUT2D eigenvalue weighted by Crippen LogP contribution is 2.21. The lowest BCUT2D eigenvalue weighted by atomic mass is 10.2. The Morgan fingerprint density at radius 1 is 1.43 bits per heavy atom. The Hall–Kier alpha value is -1.40. The van der Waals surface area contributed by atoms with Crippen LogP contribution in [0.5, 0.6) is 0 Å². The highest BCUT2D eigenvalue weighted by atomic mass is 32.2. The van der Waals surface area contributed by atoms with Gasteiger partial charge in [0.05, 0.1) is 0 Å². The van der Waals surface area contributed by atoms with E-state index in [1.54, 1.807) is 13.0 Å². The van der Waals surface area contributed by atoms with Gasteiger partial charge in [-0.25, -0.2) is 4.98 Å². The van der Waals surface area contributed by atoms with E-state index < -0.39 is 10.1 Å². The summed E-state index contributed by atoms with van der Waals surface area (Å²) in [5.41, 5.74) is 1.34. The van der Waals surface area contributed by atoms with Gasteiger partial charge in [0.15, 0.2) is 12.0 Å². The van der Waals surface area contributed by atoms with E-state index in [9.17, 15) is 8.42 Å². The molecule has 74 valence electrons. The summed E-state index contributed by atoms with van der Waals surface area (Å²) in [6, 6.07) is 2.80. The van der Waals surface area contributed by atoms with E-state index in [0.717, 1.165) is 0 Å². The largest absolute Gasteiger partial charge is 0.443 e. The van der Waals surface area contributed by atoms with Crippen LogP contribution in [0.1, 0.15) is 5.56 Å². The lowest BCUT2D eigenvalue weighted by Gasteiger charge is -2.00. The maximum atomic E-state index is 10.9. The summed E-state index contributed by atoms with van der Waals surface area (Å²) in [5, 5.41) is 0. The van der Waals surface area contributed by atoms with E-state index in [0.29, 0.717) is 16.7 Å². The minimum Gasteiger partial charge on any atom is -0.443 e. The van der Waals surface area contributed by atoms with E-state index in [1.165, 1.54) is 12.5 Å². The second kappa shape index (κ2) is 2.79. The number of aromatic nitrogens is 1. The van der Waals surface area contributed by atoms with E-state index in [4.69, 9.17) is 8.97 Å². The van der Waals surface area contributed by atoms with Crippen molar-refractivity contribution < 1.29 is 17.4 Å². The second-order valence-corrected chi connectivity index (χ2v) is 4.30. The number of benzene rings is 1. The standard InChI is InChI=1S/C8H7NO4S/c1-5-2-6-7(13-4-9-6)3-8(5)14(10,11)12/h2-4H,1H3,(H,10,11,12). The molecule has 0 aliphatic heterocycles. The summed E-state index contributed by atoms with van der Waals surface area (Å²) < 4.78 is 35.6. The van der Waals surface area contributed by atoms with E-state index >= 15 is 0 Å². The number of aryl methyl sites for hydroxylation is 1. The lowest BCUT2D eigenvalue weighted by Crippen LogP contribution is -2.00. The van der Waals surface area contributed by atoms with E-state index in [-0.39, 0.29) is 4.90 Å². The van der Waals surface area contributed by atoms with Crippen LogP contribution in [-0.2, 0) is 10.1 Å². The molecule has 0 unspecified atom stereocenters. The fourth-order valence-electron chi connectivity index (χ4n) is 1.27. The molecule has 1 heterocycles. The molecule has 0 saturated heterocycles. The van der Waals surface area contributed by atoms with Crippen LogP contribution in [0.15, 0.2) is 27.8 Å². The second-order valence-electron chi connectivity index (χ2n) is 2.91. The van der Waals surface area contributed by atoms with Gasteiger partial charge in [0.25, 0.3) is 10.1 Å². The van der Waals surface area contributed by atoms with Crippen LogP contribution in [0.2, 0.25) is 0 Å². The van der Waals surface area contributed by atoms with Gasteiger partial charge in [-0.15, -0.1) is 0 Å². The molecule has 0 amide bonds. The number of hydrogen-bond donors (Lipinski definition) is 1. The van der Waals surface area contributed by atoms with Gasteiger partial charge in [-0.2, -0.15) is 8.42 Å². The van der Waals surface area contributed by atoms with Crippen molar-refractivity contribution >= 4 is 21.2 Å². The summed E-state index contributed by atoms with van der Waals surface area (Å²) in [6.45, 7) is 1.58. The van der Waals surface area contributed by atoms with Crippen LogP contribution in [-0.4, -0.2) is 18.0 Å². The molecule has 1 N–H and O–H groups in total. The van der Waals surface area contributed by atoms with Gasteiger partial charge in [-0.1, -0.05) is 0 Å². The molecule has 5 nitrogen and oxygen atoms in total. The third-order valence-electron chi connectivity index (χ3n) is 1.91. The number of oxazole rings is 1. The molecule has 0 fully saturated rings. The zero-order valence-electron chi connectivity index (χ0n) is 7.26. The summed E-state index contributed by atoms with van der Waals surface area (Å²) in [5.74, 6) is 0. The Balaban J connectivity index is 2.84. The monoisotopic (exact) mass is 213 g/mol. The number of hydrogen-bond acceptors (Lipinski definition) is 4. The van der Waals surface area contributed by atoms with Crippen LogP contribution in [0, 0.1) is 6.92 Å². The smallest absolute Gasteiger partial charge is 0.294 e. The Bertz CT molecular complexity index is 584. The molecule has 1 aromatic carbocycles. The highest BCUT2D eigenvalue weighted by molar-refractivity contribution is 7.85. The van der Waals surface area contributed by atoms with Crippen molar-refractivity contribution in [1.29, 1.82) is 0 Å². The Labute approximate surface area is 80.1 Å². The Morgan fingerprint density at radius 3 is 2.79 bits per heavy atom. The van der Waals surface area contributed by atoms with Crippen LogP contribution in [0.4, 0.5) is 0 Å². The van der Waals surface area contributed by atoms with E-state index in [1.807, 2.05) is 0 Å². The van der Waals surface area contributed by atoms with Gasteiger partial charge in [0.2, 0.25) is 0 Å². The molecule has 0 bridgehead atoms.